The number of aliphatic hydroxyl groups is 1. The van der Waals surface area contributed by atoms with E-state index in [0.717, 1.165) is 68.8 Å². The molecule has 1 aliphatic rings. The van der Waals surface area contributed by atoms with Crippen LogP contribution < -0.4 is 5.69 Å². The Hall–Kier alpha value is -1.41. The van der Waals surface area contributed by atoms with Crippen LogP contribution in [0.25, 0.3) is 11.1 Å². The van der Waals surface area contributed by atoms with Gasteiger partial charge in [0.15, 0.2) is 0 Å². The second-order valence-electron chi connectivity index (χ2n) is 8.61. The summed E-state index contributed by atoms with van der Waals surface area (Å²) >= 11 is 5.64. The Labute approximate surface area is 195 Å². The molecule has 8 heteroatoms. The number of hydrogen-bond donors (Lipinski definition) is 1. The fourth-order valence-corrected chi connectivity index (χ4v) is 4.31. The summed E-state index contributed by atoms with van der Waals surface area (Å²) in [6.07, 6.45) is 13.9. The normalized spacial score (nSPS) is 18.7. The highest BCUT2D eigenvalue weighted by molar-refractivity contribution is 6.17. The number of hydrogen-bond acceptors (Lipinski definition) is 6. The number of halogens is 1. The molecular weight excluding hydrogens is 432 g/mol. The zero-order valence-electron chi connectivity index (χ0n) is 19.0. The second-order valence-corrected chi connectivity index (χ2v) is 8.99. The van der Waals surface area contributed by atoms with Crippen LogP contribution in [0.3, 0.4) is 0 Å². The molecule has 1 saturated heterocycles. The van der Waals surface area contributed by atoms with Crippen molar-refractivity contribution < 1.29 is 19.0 Å². The van der Waals surface area contributed by atoms with Gasteiger partial charge in [-0.05, 0) is 44.6 Å². The lowest BCUT2D eigenvalue weighted by Gasteiger charge is -2.14. The van der Waals surface area contributed by atoms with Crippen LogP contribution in [0.2, 0.25) is 0 Å². The molecule has 0 bridgehead atoms. The maximum atomic E-state index is 12.3. The molecule has 1 aliphatic heterocycles. The van der Waals surface area contributed by atoms with Crippen LogP contribution in [0.5, 0.6) is 0 Å². The van der Waals surface area contributed by atoms with E-state index < -0.39 is 0 Å². The minimum absolute atomic E-state index is 0.0272. The molecule has 0 aliphatic carbocycles. The van der Waals surface area contributed by atoms with E-state index in [4.69, 9.17) is 25.5 Å². The number of aryl methyl sites for hydroxylation is 1. The molecule has 7 nitrogen and oxygen atoms in total. The van der Waals surface area contributed by atoms with Crippen LogP contribution in [-0.4, -0.2) is 46.5 Å². The summed E-state index contributed by atoms with van der Waals surface area (Å²) in [5.41, 5.74) is 0.0190. The average molecular weight is 469 g/mol. The van der Waals surface area contributed by atoms with E-state index in [0.29, 0.717) is 12.1 Å². The molecule has 0 aromatic carbocycles. The monoisotopic (exact) mass is 468 g/mol. The van der Waals surface area contributed by atoms with Crippen LogP contribution in [0.15, 0.2) is 21.5 Å². The van der Waals surface area contributed by atoms with E-state index in [-0.39, 0.29) is 24.6 Å². The van der Waals surface area contributed by atoms with Gasteiger partial charge in [-0.1, -0.05) is 32.1 Å². The van der Waals surface area contributed by atoms with Gasteiger partial charge in [-0.2, -0.15) is 4.98 Å². The number of furan rings is 1. The van der Waals surface area contributed by atoms with Crippen LogP contribution in [0.1, 0.15) is 82.6 Å². The molecule has 1 N–H and O–H groups in total. The van der Waals surface area contributed by atoms with Crippen LogP contribution >= 0.6 is 11.6 Å². The van der Waals surface area contributed by atoms with Crippen molar-refractivity contribution in [2.45, 2.75) is 89.4 Å². The molecular formula is C24H37ClN2O5. The lowest BCUT2D eigenvalue weighted by Crippen LogP contribution is -2.27. The fraction of sp³-hybridized carbons (Fsp3) is 0.750. The summed E-state index contributed by atoms with van der Waals surface area (Å²) < 4.78 is 18.6. The first-order valence-corrected chi connectivity index (χ1v) is 12.7. The lowest BCUT2D eigenvalue weighted by molar-refractivity contribution is -0.0243. The molecule has 0 spiro atoms. The Morgan fingerprint density at radius 3 is 2.50 bits per heavy atom. The summed E-state index contributed by atoms with van der Waals surface area (Å²) in [5.74, 6) is 1.59. The van der Waals surface area contributed by atoms with Crippen molar-refractivity contribution in [3.8, 4) is 0 Å². The lowest BCUT2D eigenvalue weighted by atomic mass is 10.1. The molecule has 2 atom stereocenters. The Morgan fingerprint density at radius 1 is 1.06 bits per heavy atom. The fourth-order valence-electron chi connectivity index (χ4n) is 4.12. The summed E-state index contributed by atoms with van der Waals surface area (Å²) in [6, 6.07) is 1.98. The minimum Gasteiger partial charge on any atom is -0.443 e. The predicted octanol–water partition coefficient (Wildman–Crippen LogP) is 4.97. The first-order valence-electron chi connectivity index (χ1n) is 12.1. The van der Waals surface area contributed by atoms with Gasteiger partial charge in [-0.25, -0.2) is 4.79 Å². The molecule has 0 radical (unpaired) electrons. The molecule has 3 heterocycles. The van der Waals surface area contributed by atoms with Crippen LogP contribution in [0.4, 0.5) is 0 Å². The van der Waals surface area contributed by atoms with E-state index >= 15 is 0 Å². The number of unbranched alkanes of at least 4 members (excludes halogenated alkanes) is 7. The van der Waals surface area contributed by atoms with Crippen LogP contribution in [-0.2, 0) is 15.9 Å². The van der Waals surface area contributed by atoms with E-state index in [1.807, 2.05) is 6.07 Å². The zero-order valence-corrected chi connectivity index (χ0v) is 19.7. The zero-order chi connectivity index (χ0) is 22.6. The third kappa shape index (κ3) is 7.87. The number of aliphatic hydroxyl groups excluding tert-OH is 1. The first-order chi connectivity index (χ1) is 15.7. The van der Waals surface area contributed by atoms with Crippen molar-refractivity contribution in [3.05, 3.63) is 28.5 Å². The SMILES string of the molecule is O=c1nc2oc(CCCCCCCCCOCCCCCl)cc2cn1C1CCC(CO)O1. The molecule has 1 fully saturated rings. The second kappa shape index (κ2) is 14.0. The van der Waals surface area contributed by atoms with E-state index in [2.05, 4.69) is 4.98 Å². The Kier molecular flexibility index (Phi) is 11.0. The highest BCUT2D eigenvalue weighted by Crippen LogP contribution is 2.28. The highest BCUT2D eigenvalue weighted by atomic mass is 35.5. The Balaban J connectivity index is 1.31. The Bertz CT molecular complexity index is 853. The van der Waals surface area contributed by atoms with Crippen molar-refractivity contribution in [2.24, 2.45) is 0 Å². The maximum Gasteiger partial charge on any atom is 0.353 e. The van der Waals surface area contributed by atoms with Crippen molar-refractivity contribution in [1.82, 2.24) is 9.55 Å². The number of alkyl halides is 1. The van der Waals surface area contributed by atoms with Crippen molar-refractivity contribution >= 4 is 22.7 Å². The molecule has 2 aromatic rings. The van der Waals surface area contributed by atoms with Gasteiger partial charge in [0.25, 0.3) is 0 Å². The number of nitrogens with zero attached hydrogens (tertiary/aromatic N) is 2. The number of aromatic nitrogens is 2. The summed E-state index contributed by atoms with van der Waals surface area (Å²) in [7, 11) is 0. The molecule has 32 heavy (non-hydrogen) atoms. The van der Waals surface area contributed by atoms with Gasteiger partial charge >= 0.3 is 5.69 Å². The van der Waals surface area contributed by atoms with Gasteiger partial charge in [0.2, 0.25) is 5.71 Å². The summed E-state index contributed by atoms with van der Waals surface area (Å²) in [5, 5.41) is 10.1. The highest BCUT2D eigenvalue weighted by Gasteiger charge is 2.27. The Morgan fingerprint density at radius 2 is 1.78 bits per heavy atom. The van der Waals surface area contributed by atoms with Gasteiger partial charge in [0, 0.05) is 31.7 Å². The third-order valence-corrected chi connectivity index (χ3v) is 6.24. The summed E-state index contributed by atoms with van der Waals surface area (Å²) in [4.78, 5) is 16.4. The smallest absolute Gasteiger partial charge is 0.353 e. The standard InChI is InChI=1S/C24H37ClN2O5/c25-13-7-9-15-30-14-8-5-3-1-2-4-6-10-20-16-19-17-27(24(29)26-23(19)32-20)22-12-11-21(18-28)31-22/h16-17,21-22,28H,1-15,18H2. The maximum absolute atomic E-state index is 12.3. The predicted molar refractivity (Wildman–Crippen MR) is 125 cm³/mol. The molecule has 0 amide bonds. The summed E-state index contributed by atoms with van der Waals surface area (Å²) in [6.45, 7) is 1.67. The average Bonchev–Trinajstić information content (AvgIpc) is 3.42. The van der Waals surface area contributed by atoms with Gasteiger partial charge in [0.1, 0.15) is 12.0 Å². The molecule has 2 unspecified atom stereocenters. The van der Waals surface area contributed by atoms with Crippen molar-refractivity contribution in [2.75, 3.05) is 25.7 Å². The van der Waals surface area contributed by atoms with Crippen molar-refractivity contribution in [3.63, 3.8) is 0 Å². The van der Waals surface area contributed by atoms with Gasteiger partial charge in [-0.15, -0.1) is 11.6 Å². The van der Waals surface area contributed by atoms with E-state index in [1.165, 1.54) is 36.7 Å². The van der Waals surface area contributed by atoms with Crippen LogP contribution in [0, 0.1) is 0 Å². The van der Waals surface area contributed by atoms with Gasteiger partial charge in [0.05, 0.1) is 18.1 Å². The van der Waals surface area contributed by atoms with Gasteiger partial charge < -0.3 is 19.0 Å². The largest absolute Gasteiger partial charge is 0.443 e. The molecule has 0 saturated carbocycles. The first kappa shape index (κ1) is 25.2. The van der Waals surface area contributed by atoms with E-state index in [1.54, 1.807) is 6.20 Å². The van der Waals surface area contributed by atoms with Gasteiger partial charge in [-0.3, -0.25) is 4.57 Å². The van der Waals surface area contributed by atoms with Crippen molar-refractivity contribution in [1.29, 1.82) is 0 Å². The molecule has 2 aromatic heterocycles. The van der Waals surface area contributed by atoms with E-state index in [9.17, 15) is 9.90 Å². The third-order valence-electron chi connectivity index (χ3n) is 5.97. The molecule has 3 rings (SSSR count). The number of fused-ring (bicyclic) bond motifs is 1. The topological polar surface area (TPSA) is 86.7 Å². The number of rotatable bonds is 16. The molecule has 180 valence electrons. The quantitative estimate of drug-likeness (QED) is 0.276. The number of ether oxygens (including phenoxy) is 2. The minimum atomic E-state index is -0.373.